The third-order valence-corrected chi connectivity index (χ3v) is 3.47. The SMILES string of the molecule is C=Cc1[nH]ccc1-c1ccccc1-c1cc[nH]c1C=C. The molecule has 2 heterocycles. The maximum absolute atomic E-state index is 3.86. The Kier molecular flexibility index (Phi) is 3.13. The van der Waals surface area contributed by atoms with Crippen molar-refractivity contribution in [2.24, 2.45) is 0 Å². The summed E-state index contributed by atoms with van der Waals surface area (Å²) < 4.78 is 0. The number of aromatic amines is 2. The maximum Gasteiger partial charge on any atom is 0.0454 e. The van der Waals surface area contributed by atoms with E-state index in [2.05, 4.69) is 59.5 Å². The van der Waals surface area contributed by atoms with Crippen LogP contribution in [-0.4, -0.2) is 9.97 Å². The van der Waals surface area contributed by atoms with Crippen molar-refractivity contribution < 1.29 is 0 Å². The van der Waals surface area contributed by atoms with Gasteiger partial charge in [0.2, 0.25) is 0 Å². The molecule has 0 spiro atoms. The number of hydrogen-bond donors (Lipinski definition) is 2. The van der Waals surface area contributed by atoms with Gasteiger partial charge in [0.15, 0.2) is 0 Å². The Hall–Kier alpha value is -2.74. The summed E-state index contributed by atoms with van der Waals surface area (Å²) in [5.41, 5.74) is 6.76. The summed E-state index contributed by atoms with van der Waals surface area (Å²) in [6.07, 6.45) is 7.57. The van der Waals surface area contributed by atoms with Crippen LogP contribution in [0.15, 0.2) is 61.9 Å². The van der Waals surface area contributed by atoms with Crippen molar-refractivity contribution in [2.75, 3.05) is 0 Å². The number of nitrogens with one attached hydrogen (secondary N) is 2. The molecule has 1 aromatic carbocycles. The molecule has 0 aliphatic rings. The second-order valence-electron chi connectivity index (χ2n) is 4.56. The number of rotatable bonds is 4. The number of hydrogen-bond acceptors (Lipinski definition) is 0. The molecule has 2 aromatic heterocycles. The first-order valence-electron chi connectivity index (χ1n) is 6.54. The Morgan fingerprint density at radius 2 is 1.10 bits per heavy atom. The van der Waals surface area contributed by atoms with Gasteiger partial charge in [-0.15, -0.1) is 0 Å². The van der Waals surface area contributed by atoms with Crippen LogP contribution in [0.4, 0.5) is 0 Å². The minimum atomic E-state index is 1.04. The van der Waals surface area contributed by atoms with Gasteiger partial charge < -0.3 is 9.97 Å². The molecule has 0 aliphatic carbocycles. The zero-order chi connectivity index (χ0) is 13.9. The zero-order valence-corrected chi connectivity index (χ0v) is 11.2. The summed E-state index contributed by atoms with van der Waals surface area (Å²) in [6.45, 7) is 7.72. The molecule has 0 aliphatic heterocycles. The predicted octanol–water partition coefficient (Wildman–Crippen LogP) is 4.96. The molecule has 0 saturated carbocycles. The van der Waals surface area contributed by atoms with Crippen LogP contribution in [0.2, 0.25) is 0 Å². The lowest BCUT2D eigenvalue weighted by molar-refractivity contribution is 1.37. The average molecular weight is 260 g/mol. The predicted molar refractivity (Wildman–Crippen MR) is 86.2 cm³/mol. The van der Waals surface area contributed by atoms with Crippen molar-refractivity contribution in [2.45, 2.75) is 0 Å². The smallest absolute Gasteiger partial charge is 0.0454 e. The fraction of sp³-hybridized carbons (Fsp3) is 0. The van der Waals surface area contributed by atoms with E-state index in [1.807, 2.05) is 24.5 Å². The van der Waals surface area contributed by atoms with Crippen molar-refractivity contribution in [1.82, 2.24) is 9.97 Å². The van der Waals surface area contributed by atoms with Gasteiger partial charge in [-0.1, -0.05) is 37.4 Å². The Morgan fingerprint density at radius 3 is 1.50 bits per heavy atom. The molecule has 0 fully saturated rings. The highest BCUT2D eigenvalue weighted by Crippen LogP contribution is 2.35. The first kappa shape index (κ1) is 12.3. The van der Waals surface area contributed by atoms with Gasteiger partial charge in [-0.2, -0.15) is 0 Å². The third kappa shape index (κ3) is 1.91. The van der Waals surface area contributed by atoms with E-state index in [0.29, 0.717) is 0 Å². The van der Waals surface area contributed by atoms with Crippen LogP contribution in [0.1, 0.15) is 11.4 Å². The largest absolute Gasteiger partial charge is 0.361 e. The third-order valence-electron chi connectivity index (χ3n) is 3.47. The zero-order valence-electron chi connectivity index (χ0n) is 11.2. The molecule has 0 bridgehead atoms. The highest BCUT2D eigenvalue weighted by atomic mass is 14.7. The van der Waals surface area contributed by atoms with Crippen LogP contribution in [-0.2, 0) is 0 Å². The van der Waals surface area contributed by atoms with E-state index >= 15 is 0 Å². The Bertz CT molecular complexity index is 694. The van der Waals surface area contributed by atoms with Gasteiger partial charge in [0.05, 0.1) is 0 Å². The van der Waals surface area contributed by atoms with E-state index in [4.69, 9.17) is 0 Å². The van der Waals surface area contributed by atoms with E-state index in [-0.39, 0.29) is 0 Å². The molecule has 0 radical (unpaired) electrons. The molecule has 3 aromatic rings. The summed E-state index contributed by atoms with van der Waals surface area (Å²) >= 11 is 0. The van der Waals surface area contributed by atoms with Crippen molar-refractivity contribution in [3.8, 4) is 22.3 Å². The summed E-state index contributed by atoms with van der Waals surface area (Å²) in [4.78, 5) is 6.42. The van der Waals surface area contributed by atoms with Gasteiger partial charge in [0, 0.05) is 34.9 Å². The van der Waals surface area contributed by atoms with E-state index in [1.54, 1.807) is 0 Å². The van der Waals surface area contributed by atoms with E-state index in [1.165, 1.54) is 11.1 Å². The van der Waals surface area contributed by atoms with Crippen molar-refractivity contribution in [3.63, 3.8) is 0 Å². The monoisotopic (exact) mass is 260 g/mol. The highest BCUT2D eigenvalue weighted by Gasteiger charge is 2.12. The summed E-state index contributed by atoms with van der Waals surface area (Å²) in [7, 11) is 0. The molecule has 2 N–H and O–H groups in total. The van der Waals surface area contributed by atoms with Gasteiger partial charge in [-0.05, 0) is 35.4 Å². The van der Waals surface area contributed by atoms with Crippen LogP contribution < -0.4 is 0 Å². The fourth-order valence-corrected chi connectivity index (χ4v) is 2.52. The highest BCUT2D eigenvalue weighted by molar-refractivity contribution is 5.89. The normalized spacial score (nSPS) is 10.4. The van der Waals surface area contributed by atoms with Crippen LogP contribution in [0.5, 0.6) is 0 Å². The molecule has 3 rings (SSSR count). The van der Waals surface area contributed by atoms with Crippen LogP contribution >= 0.6 is 0 Å². The van der Waals surface area contributed by atoms with Crippen LogP contribution in [0.3, 0.4) is 0 Å². The summed E-state index contributed by atoms with van der Waals surface area (Å²) in [6, 6.07) is 12.5. The number of benzene rings is 1. The maximum atomic E-state index is 3.86. The first-order chi connectivity index (χ1) is 9.85. The second-order valence-corrected chi connectivity index (χ2v) is 4.56. The molecule has 0 atom stereocenters. The van der Waals surface area contributed by atoms with Crippen molar-refractivity contribution in [3.05, 3.63) is 73.3 Å². The summed E-state index contributed by atoms with van der Waals surface area (Å²) in [5, 5.41) is 0. The lowest BCUT2D eigenvalue weighted by Gasteiger charge is -2.09. The first-order valence-corrected chi connectivity index (χ1v) is 6.54. The fourth-order valence-electron chi connectivity index (χ4n) is 2.52. The quantitative estimate of drug-likeness (QED) is 0.664. The van der Waals surface area contributed by atoms with Crippen LogP contribution in [0, 0.1) is 0 Å². The van der Waals surface area contributed by atoms with E-state index in [0.717, 1.165) is 22.5 Å². The van der Waals surface area contributed by atoms with Crippen molar-refractivity contribution in [1.29, 1.82) is 0 Å². The van der Waals surface area contributed by atoms with E-state index in [9.17, 15) is 0 Å². The molecule has 0 saturated heterocycles. The van der Waals surface area contributed by atoms with Gasteiger partial charge in [0.25, 0.3) is 0 Å². The molecule has 20 heavy (non-hydrogen) atoms. The average Bonchev–Trinajstić information content (AvgIpc) is 3.15. The van der Waals surface area contributed by atoms with Gasteiger partial charge in [-0.3, -0.25) is 0 Å². The molecular formula is C18H16N2. The Balaban J connectivity index is 2.24. The molecule has 0 amide bonds. The van der Waals surface area contributed by atoms with Gasteiger partial charge >= 0.3 is 0 Å². The van der Waals surface area contributed by atoms with E-state index < -0.39 is 0 Å². The minimum Gasteiger partial charge on any atom is -0.361 e. The van der Waals surface area contributed by atoms with Crippen LogP contribution in [0.25, 0.3) is 34.4 Å². The lowest BCUT2D eigenvalue weighted by Crippen LogP contribution is -1.86. The molecule has 0 unspecified atom stereocenters. The van der Waals surface area contributed by atoms with Gasteiger partial charge in [0.1, 0.15) is 0 Å². The minimum absolute atomic E-state index is 1.04. The topological polar surface area (TPSA) is 31.6 Å². The van der Waals surface area contributed by atoms with Gasteiger partial charge in [-0.25, -0.2) is 0 Å². The second kappa shape index (κ2) is 5.10. The number of aromatic nitrogens is 2. The van der Waals surface area contributed by atoms with Crippen molar-refractivity contribution >= 4 is 12.2 Å². The Labute approximate surface area is 118 Å². The molecular weight excluding hydrogens is 244 g/mol. The number of H-pyrrole nitrogens is 2. The molecule has 2 nitrogen and oxygen atoms in total. The molecule has 2 heteroatoms. The lowest BCUT2D eigenvalue weighted by atomic mass is 9.94. The Morgan fingerprint density at radius 1 is 0.650 bits per heavy atom. The molecule has 98 valence electrons. The standard InChI is InChI=1S/C18H16N2/c1-3-17-15(9-11-19-17)13-7-5-6-8-14(13)16-10-12-20-18(16)4-2/h3-12,19-20H,1-2H2. The summed E-state index contributed by atoms with van der Waals surface area (Å²) in [5.74, 6) is 0.